The third-order valence-corrected chi connectivity index (χ3v) is 5.50. The summed E-state index contributed by atoms with van der Waals surface area (Å²) in [5, 5.41) is 8.73. The first-order chi connectivity index (χ1) is 14.6. The van der Waals surface area contributed by atoms with E-state index in [1.807, 2.05) is 0 Å². The van der Waals surface area contributed by atoms with E-state index in [2.05, 4.69) is 19.9 Å². The molecule has 1 aromatic carbocycles. The van der Waals surface area contributed by atoms with Crippen LogP contribution in [0.15, 0.2) is 53.9 Å². The molecule has 0 bridgehead atoms. The number of anilines is 1. The van der Waals surface area contributed by atoms with Gasteiger partial charge in [0, 0.05) is 22.7 Å². The van der Waals surface area contributed by atoms with Crippen LogP contribution in [0.3, 0.4) is 0 Å². The van der Waals surface area contributed by atoms with Crippen LogP contribution in [0.5, 0.6) is 5.75 Å². The van der Waals surface area contributed by atoms with Crippen LogP contribution in [0, 0.1) is 0 Å². The predicted molar refractivity (Wildman–Crippen MR) is 104 cm³/mol. The van der Waals surface area contributed by atoms with Crippen LogP contribution in [0.2, 0.25) is 5.02 Å². The number of halogens is 1. The van der Waals surface area contributed by atoms with Crippen LogP contribution < -0.4 is 9.46 Å². The molecule has 0 fully saturated rings. The molecule has 0 unspecified atom stereocenters. The summed E-state index contributed by atoms with van der Waals surface area (Å²) < 4.78 is 58.9. The van der Waals surface area contributed by atoms with Gasteiger partial charge in [0.15, 0.2) is 5.82 Å². The Balaban J connectivity index is 1.76. The number of ether oxygens (including phenoxy) is 1. The summed E-state index contributed by atoms with van der Waals surface area (Å²) in [5.74, 6) is 0.504. The number of aryl methyl sites for hydroxylation is 1. The van der Waals surface area contributed by atoms with Crippen molar-refractivity contribution in [3.05, 3.63) is 54.1 Å². The van der Waals surface area contributed by atoms with Gasteiger partial charge < -0.3 is 4.74 Å². The Labute approximate surface area is 169 Å². The summed E-state index contributed by atoms with van der Waals surface area (Å²) in [6.07, 6.45) is 5.44. The van der Waals surface area contributed by atoms with Crippen molar-refractivity contribution in [3.63, 3.8) is 0 Å². The van der Waals surface area contributed by atoms with E-state index in [9.17, 15) is 8.42 Å². The number of pyridine rings is 1. The highest BCUT2D eigenvalue weighted by Gasteiger charge is 2.21. The number of hydrogen-bond acceptors (Lipinski definition) is 6. The Morgan fingerprint density at radius 1 is 1.18 bits per heavy atom. The van der Waals surface area contributed by atoms with Gasteiger partial charge in [-0.2, -0.15) is 10.2 Å². The maximum absolute atomic E-state index is 13.0. The predicted octanol–water partition coefficient (Wildman–Crippen LogP) is 2.62. The number of sulfonamides is 1. The van der Waals surface area contributed by atoms with Gasteiger partial charge in [-0.15, -0.1) is 0 Å². The number of rotatable bonds is 5. The second kappa shape index (κ2) is 6.80. The minimum absolute atomic E-state index is 0.0449. The van der Waals surface area contributed by atoms with Crippen LogP contribution in [-0.4, -0.2) is 40.1 Å². The van der Waals surface area contributed by atoms with Gasteiger partial charge in [-0.05, 0) is 24.3 Å². The third kappa shape index (κ3) is 3.16. The molecule has 3 heterocycles. The van der Waals surface area contributed by atoms with E-state index in [1.165, 1.54) is 48.6 Å². The van der Waals surface area contributed by atoms with Crippen LogP contribution >= 0.6 is 11.6 Å². The molecule has 4 aromatic rings. The zero-order valence-corrected chi connectivity index (χ0v) is 15.9. The number of hydrogen-bond donors (Lipinski definition) is 1. The van der Waals surface area contributed by atoms with Crippen molar-refractivity contribution in [1.82, 2.24) is 24.5 Å². The summed E-state index contributed by atoms with van der Waals surface area (Å²) in [6.45, 7) is -2.62. The lowest BCUT2D eigenvalue weighted by Gasteiger charge is -2.14. The number of benzene rings is 1. The topological polar surface area (TPSA) is 104 Å². The average Bonchev–Trinajstić information content (AvgIpc) is 3.34. The number of aromatic nitrogens is 5. The fourth-order valence-corrected chi connectivity index (χ4v) is 3.81. The van der Waals surface area contributed by atoms with Crippen molar-refractivity contribution in [2.45, 2.75) is 4.90 Å². The Hall–Kier alpha value is -3.11. The van der Waals surface area contributed by atoms with Gasteiger partial charge in [0.1, 0.15) is 16.3 Å². The fourth-order valence-electron chi connectivity index (χ4n) is 2.65. The molecule has 0 radical (unpaired) electrons. The molecule has 3 aromatic heterocycles. The van der Waals surface area contributed by atoms with Gasteiger partial charge in [0.05, 0.1) is 36.2 Å². The second-order valence-corrected chi connectivity index (χ2v) is 7.82. The summed E-state index contributed by atoms with van der Waals surface area (Å²) in [4.78, 5) is 3.96. The van der Waals surface area contributed by atoms with E-state index in [-0.39, 0.29) is 21.8 Å². The van der Waals surface area contributed by atoms with Crippen LogP contribution in [-0.2, 0) is 17.0 Å². The molecule has 9 nitrogen and oxygen atoms in total. The number of nitrogens with one attached hydrogen (secondary N) is 1. The molecule has 4 rings (SSSR count). The molecule has 0 aliphatic rings. The molecule has 0 aliphatic heterocycles. The minimum atomic E-state index is -4.14. The molecular formula is C17H15ClN6O3S. The maximum atomic E-state index is 13.0. The van der Waals surface area contributed by atoms with E-state index in [4.69, 9.17) is 20.5 Å². The van der Waals surface area contributed by atoms with Crippen molar-refractivity contribution >= 4 is 38.2 Å². The van der Waals surface area contributed by atoms with Gasteiger partial charge in [0.2, 0.25) is 0 Å². The first-order valence-corrected chi connectivity index (χ1v) is 9.71. The van der Waals surface area contributed by atoms with Gasteiger partial charge >= 0.3 is 0 Å². The zero-order chi connectivity index (χ0) is 22.4. The number of fused-ring (bicyclic) bond motifs is 1. The number of methoxy groups -OCH3 is 1. The van der Waals surface area contributed by atoms with E-state index in [1.54, 1.807) is 6.07 Å². The Morgan fingerprint density at radius 2 is 2.04 bits per heavy atom. The van der Waals surface area contributed by atoms with Crippen molar-refractivity contribution in [1.29, 1.82) is 0 Å². The van der Waals surface area contributed by atoms with E-state index < -0.39 is 17.0 Å². The average molecular weight is 422 g/mol. The molecule has 144 valence electrons. The SMILES string of the molecule is [2H]C([2H])([2H])n1ncc2ccc(OC)c(NS(=O)(=O)c3ccc(-n4cc(Cl)cn4)nc3)c21. The summed E-state index contributed by atoms with van der Waals surface area (Å²) in [7, 11) is -2.80. The summed E-state index contributed by atoms with van der Waals surface area (Å²) in [6, 6.07) is 5.91. The molecule has 11 heteroatoms. The van der Waals surface area contributed by atoms with Crippen LogP contribution in [0.1, 0.15) is 4.11 Å². The monoisotopic (exact) mass is 421 g/mol. The minimum Gasteiger partial charge on any atom is -0.494 e. The molecule has 0 aliphatic carbocycles. The normalized spacial score (nSPS) is 13.7. The van der Waals surface area contributed by atoms with Gasteiger partial charge in [-0.25, -0.2) is 18.1 Å². The second-order valence-electron chi connectivity index (χ2n) is 5.70. The quantitative estimate of drug-likeness (QED) is 0.531. The van der Waals surface area contributed by atoms with Crippen molar-refractivity contribution in [3.8, 4) is 11.6 Å². The van der Waals surface area contributed by atoms with Gasteiger partial charge in [-0.3, -0.25) is 9.40 Å². The highest BCUT2D eigenvalue weighted by molar-refractivity contribution is 7.92. The summed E-state index contributed by atoms with van der Waals surface area (Å²) >= 11 is 5.84. The molecular weight excluding hydrogens is 404 g/mol. The first kappa shape index (κ1) is 14.9. The molecule has 0 spiro atoms. The molecule has 0 saturated carbocycles. The van der Waals surface area contributed by atoms with E-state index in [0.717, 1.165) is 10.9 Å². The fraction of sp³-hybridized carbons (Fsp3) is 0.118. The van der Waals surface area contributed by atoms with E-state index in [0.29, 0.717) is 16.2 Å². The molecule has 1 N–H and O–H groups in total. The molecule has 0 atom stereocenters. The Bertz CT molecular complexity index is 1370. The van der Waals surface area contributed by atoms with Crippen molar-refractivity contribution < 1.29 is 17.3 Å². The highest BCUT2D eigenvalue weighted by atomic mass is 35.5. The van der Waals surface area contributed by atoms with E-state index >= 15 is 0 Å². The first-order valence-electron chi connectivity index (χ1n) is 9.35. The van der Waals surface area contributed by atoms with Crippen molar-refractivity contribution in [2.24, 2.45) is 6.98 Å². The highest BCUT2D eigenvalue weighted by Crippen LogP contribution is 2.34. The number of nitrogens with zero attached hydrogens (tertiary/aromatic N) is 5. The molecule has 0 saturated heterocycles. The van der Waals surface area contributed by atoms with Crippen molar-refractivity contribution in [2.75, 3.05) is 11.8 Å². The maximum Gasteiger partial charge on any atom is 0.263 e. The zero-order valence-electron chi connectivity index (χ0n) is 17.4. The summed E-state index contributed by atoms with van der Waals surface area (Å²) in [5.41, 5.74) is 0.0234. The largest absolute Gasteiger partial charge is 0.494 e. The van der Waals surface area contributed by atoms with Gasteiger partial charge in [-0.1, -0.05) is 11.6 Å². The third-order valence-electron chi connectivity index (χ3n) is 3.97. The van der Waals surface area contributed by atoms with Crippen LogP contribution in [0.4, 0.5) is 5.69 Å². The lowest BCUT2D eigenvalue weighted by atomic mass is 10.2. The lowest BCUT2D eigenvalue weighted by molar-refractivity contribution is 0.417. The Kier molecular flexibility index (Phi) is 3.62. The van der Waals surface area contributed by atoms with Gasteiger partial charge in [0.25, 0.3) is 10.0 Å². The standard InChI is InChI=1S/C17H15ClN6O3S/c1-23-17-11(7-20-23)3-5-14(27-2)16(17)22-28(25,26)13-4-6-15(19-9-13)24-10-12(18)8-21-24/h3-10,22H,1-2H3/i1D3. The Morgan fingerprint density at radius 3 is 2.68 bits per heavy atom. The van der Waals surface area contributed by atoms with Crippen LogP contribution in [0.25, 0.3) is 16.7 Å². The molecule has 0 amide bonds. The lowest BCUT2D eigenvalue weighted by Crippen LogP contribution is -2.15. The smallest absolute Gasteiger partial charge is 0.263 e. The molecule has 28 heavy (non-hydrogen) atoms.